The number of carboxylic acids is 1. The molecule has 0 atom stereocenters. The first-order valence-corrected chi connectivity index (χ1v) is 15.4. The first-order chi connectivity index (χ1) is 18.8. The molecule has 0 aliphatic rings. The molecule has 0 unspecified atom stereocenters. The zero-order valence-electron chi connectivity index (χ0n) is 22.2. The molecule has 0 aliphatic carbocycles. The molecule has 4 rings (SSSR count). The molecule has 2 aromatic carbocycles. The number of carbonyl (C=O) groups excluding carboxylic acids is 1. The van der Waals surface area contributed by atoms with E-state index in [1.807, 2.05) is 6.92 Å². The number of fused-ring (bicyclic) bond motifs is 1. The maximum absolute atomic E-state index is 14.1. The van der Waals surface area contributed by atoms with Gasteiger partial charge in [-0.1, -0.05) is 66.9 Å². The maximum Gasteiger partial charge on any atom is 0.356 e. The summed E-state index contributed by atoms with van der Waals surface area (Å²) in [7, 11) is -4.33. The van der Waals surface area contributed by atoms with Gasteiger partial charge in [0.05, 0.1) is 27.6 Å². The largest absolute Gasteiger partial charge is 0.478 e. The number of benzene rings is 2. The minimum Gasteiger partial charge on any atom is -0.478 e. The molecule has 0 fully saturated rings. The Bertz CT molecular complexity index is 1740. The molecule has 1 N–H and O–H groups in total. The number of carbonyl (C=O) groups is 2. The molecule has 0 saturated carbocycles. The summed E-state index contributed by atoms with van der Waals surface area (Å²) in [6, 6.07) is 12.6. The first kappa shape index (κ1) is 29.9. The van der Waals surface area contributed by atoms with Crippen molar-refractivity contribution in [3.63, 3.8) is 0 Å². The van der Waals surface area contributed by atoms with Crippen LogP contribution in [0.5, 0.6) is 0 Å². The summed E-state index contributed by atoms with van der Waals surface area (Å²) in [5.41, 5.74) is 0.311. The number of esters is 1. The smallest absolute Gasteiger partial charge is 0.356 e. The molecule has 0 saturated heterocycles. The van der Waals surface area contributed by atoms with Gasteiger partial charge in [-0.15, -0.1) is 11.3 Å². The number of allylic oxidation sites excluding steroid dienone is 1. The van der Waals surface area contributed by atoms with Crippen LogP contribution >= 0.6 is 34.5 Å². The van der Waals surface area contributed by atoms with E-state index in [0.29, 0.717) is 15.8 Å². The Kier molecular flexibility index (Phi) is 8.52. The highest BCUT2D eigenvalue weighted by Crippen LogP contribution is 2.41. The Labute approximate surface area is 246 Å². The van der Waals surface area contributed by atoms with Crippen LogP contribution in [0, 0.1) is 12.3 Å². The van der Waals surface area contributed by atoms with Gasteiger partial charge in [0.1, 0.15) is 5.69 Å². The number of aromatic nitrogens is 1. The quantitative estimate of drug-likeness (QED) is 0.154. The minimum absolute atomic E-state index is 0.00367. The van der Waals surface area contributed by atoms with Crippen molar-refractivity contribution < 1.29 is 27.9 Å². The van der Waals surface area contributed by atoms with Crippen LogP contribution in [0.15, 0.2) is 64.9 Å². The average molecular weight is 621 g/mol. The van der Waals surface area contributed by atoms with Crippen molar-refractivity contribution in [1.82, 2.24) is 3.97 Å². The second-order valence-electron chi connectivity index (χ2n) is 9.92. The van der Waals surface area contributed by atoms with Crippen LogP contribution in [0.1, 0.15) is 47.3 Å². The van der Waals surface area contributed by atoms with Crippen molar-refractivity contribution in [3.8, 4) is 0 Å². The number of thiophene rings is 1. The Morgan fingerprint density at radius 2 is 1.80 bits per heavy atom. The highest BCUT2D eigenvalue weighted by molar-refractivity contribution is 7.90. The lowest BCUT2D eigenvalue weighted by Gasteiger charge is -2.22. The Hall–Kier alpha value is -3.11. The van der Waals surface area contributed by atoms with Gasteiger partial charge in [0.2, 0.25) is 0 Å². The van der Waals surface area contributed by atoms with Gasteiger partial charge in [-0.05, 0) is 67.0 Å². The molecule has 0 spiro atoms. The van der Waals surface area contributed by atoms with Gasteiger partial charge in [-0.3, -0.25) is 0 Å². The van der Waals surface area contributed by atoms with Gasteiger partial charge in [-0.25, -0.2) is 22.0 Å². The van der Waals surface area contributed by atoms with E-state index < -0.39 is 27.4 Å². The molecule has 4 aromatic rings. The van der Waals surface area contributed by atoms with Crippen LogP contribution < -0.4 is 0 Å². The van der Waals surface area contributed by atoms with Crippen LogP contribution in [-0.4, -0.2) is 36.0 Å². The lowest BCUT2D eigenvalue weighted by molar-refractivity contribution is -0.130. The van der Waals surface area contributed by atoms with E-state index in [0.717, 1.165) is 9.54 Å². The van der Waals surface area contributed by atoms with E-state index in [1.165, 1.54) is 35.6 Å². The summed E-state index contributed by atoms with van der Waals surface area (Å²) in [5.74, 6) is -1.96. The molecule has 40 heavy (non-hydrogen) atoms. The number of ether oxygens (including phenoxy) is 1. The van der Waals surface area contributed by atoms with Crippen LogP contribution in [0.3, 0.4) is 0 Å². The predicted molar refractivity (Wildman–Crippen MR) is 159 cm³/mol. The lowest BCUT2D eigenvalue weighted by atomic mass is 9.82. The number of halogens is 2. The second kappa shape index (κ2) is 11.4. The Morgan fingerprint density at radius 3 is 2.38 bits per heavy atom. The second-order valence-corrected chi connectivity index (χ2v) is 13.5. The van der Waals surface area contributed by atoms with E-state index >= 15 is 0 Å². The molecule has 11 heteroatoms. The van der Waals surface area contributed by atoms with Crippen LogP contribution in [0.4, 0.5) is 0 Å². The number of nitrogens with zero attached hydrogens (tertiary/aromatic N) is 1. The summed E-state index contributed by atoms with van der Waals surface area (Å²) in [4.78, 5) is 26.2. The normalized spacial score (nSPS) is 12.6. The van der Waals surface area contributed by atoms with Crippen LogP contribution in [0.25, 0.3) is 16.5 Å². The van der Waals surface area contributed by atoms with Gasteiger partial charge in [0, 0.05) is 15.3 Å². The molecular formula is C29H27Cl2NO6S2. The van der Waals surface area contributed by atoms with E-state index in [4.69, 9.17) is 27.9 Å². The molecule has 0 amide bonds. The number of aliphatic carboxylic acids is 1. The number of hydrogen-bond donors (Lipinski definition) is 1. The van der Waals surface area contributed by atoms with Gasteiger partial charge in [0.25, 0.3) is 10.0 Å². The van der Waals surface area contributed by atoms with Crippen molar-refractivity contribution in [3.05, 3.63) is 91.7 Å². The number of aryl methyl sites for hydroxylation is 1. The van der Waals surface area contributed by atoms with Crippen molar-refractivity contribution in [1.29, 1.82) is 0 Å². The van der Waals surface area contributed by atoms with E-state index in [9.17, 15) is 23.1 Å². The standard InChI is InChI=1S/C29H27Cl2NO6S2/c1-5-38-28(35)26-21(16-29(3,4)15-20(27(33)34)24-7-6-12-39-24)25-22(31)13-18(30)14-23(25)32(26)40(36,37)19-10-8-17(2)9-11-19/h6-15H,5,16H2,1-4H3,(H,33,34)/b20-15+. The van der Waals surface area contributed by atoms with E-state index in [1.54, 1.807) is 56.5 Å². The lowest BCUT2D eigenvalue weighted by Crippen LogP contribution is -2.22. The van der Waals surface area contributed by atoms with Gasteiger partial charge in [0.15, 0.2) is 0 Å². The zero-order valence-corrected chi connectivity index (χ0v) is 25.3. The van der Waals surface area contributed by atoms with Crippen LogP contribution in [0.2, 0.25) is 10.0 Å². The highest BCUT2D eigenvalue weighted by atomic mass is 35.5. The SMILES string of the molecule is CCOC(=O)c1c(CC(C)(C)/C=C(/C(=O)O)c2cccs2)c2c(Cl)cc(Cl)cc2n1S(=O)(=O)c1ccc(C)cc1. The summed E-state index contributed by atoms with van der Waals surface area (Å²) >= 11 is 14.3. The van der Waals surface area contributed by atoms with Crippen molar-refractivity contribution in [2.45, 2.75) is 39.0 Å². The minimum atomic E-state index is -4.33. The van der Waals surface area contributed by atoms with Gasteiger partial charge in [-0.2, -0.15) is 0 Å². The fourth-order valence-corrected chi connectivity index (χ4v) is 7.44. The van der Waals surface area contributed by atoms with Crippen molar-refractivity contribution >= 4 is 73.0 Å². The fourth-order valence-electron chi connectivity index (χ4n) is 4.59. The molecule has 0 radical (unpaired) electrons. The zero-order chi connectivity index (χ0) is 29.4. The molecule has 7 nitrogen and oxygen atoms in total. The van der Waals surface area contributed by atoms with Crippen molar-refractivity contribution in [2.24, 2.45) is 5.41 Å². The Balaban J connectivity index is 2.05. The fraction of sp³-hybridized carbons (Fsp3) is 0.241. The average Bonchev–Trinajstić information content (AvgIpc) is 3.49. The summed E-state index contributed by atoms with van der Waals surface area (Å²) < 4.78 is 34.5. The maximum atomic E-state index is 14.1. The molecule has 2 aromatic heterocycles. The number of hydrogen-bond acceptors (Lipinski definition) is 6. The van der Waals surface area contributed by atoms with Gasteiger partial charge < -0.3 is 9.84 Å². The number of rotatable bonds is 9. The molecule has 2 heterocycles. The molecule has 0 aliphatic heterocycles. The number of carboxylic acid groups (broad SMARTS) is 1. The predicted octanol–water partition coefficient (Wildman–Crippen LogP) is 7.47. The first-order valence-electron chi connectivity index (χ1n) is 12.3. The van der Waals surface area contributed by atoms with Gasteiger partial charge >= 0.3 is 11.9 Å². The van der Waals surface area contributed by atoms with Crippen molar-refractivity contribution in [2.75, 3.05) is 6.61 Å². The third-order valence-corrected chi connectivity index (χ3v) is 9.40. The highest BCUT2D eigenvalue weighted by Gasteiger charge is 2.35. The van der Waals surface area contributed by atoms with E-state index in [2.05, 4.69) is 0 Å². The van der Waals surface area contributed by atoms with E-state index in [-0.39, 0.29) is 44.8 Å². The summed E-state index contributed by atoms with van der Waals surface area (Å²) in [6.07, 6.45) is 1.68. The molecular weight excluding hydrogens is 593 g/mol. The summed E-state index contributed by atoms with van der Waals surface area (Å²) in [6.45, 7) is 7.07. The monoisotopic (exact) mass is 619 g/mol. The Morgan fingerprint density at radius 1 is 1.12 bits per heavy atom. The third kappa shape index (κ3) is 5.83. The molecule has 0 bridgehead atoms. The topological polar surface area (TPSA) is 103 Å². The third-order valence-electron chi connectivity index (χ3n) is 6.26. The molecule has 210 valence electrons. The van der Waals surface area contributed by atoms with Crippen LogP contribution in [-0.2, 0) is 26.0 Å². The summed E-state index contributed by atoms with van der Waals surface area (Å²) in [5, 5.41) is 12.4.